The lowest BCUT2D eigenvalue weighted by Crippen LogP contribution is -2.34. The topological polar surface area (TPSA) is 38.7 Å². The summed E-state index contributed by atoms with van der Waals surface area (Å²) in [5.74, 6) is 1.11. The summed E-state index contributed by atoms with van der Waals surface area (Å²) in [6.45, 7) is 3.27. The van der Waals surface area contributed by atoms with E-state index in [1.54, 1.807) is 0 Å². The van der Waals surface area contributed by atoms with Gasteiger partial charge in [-0.05, 0) is 31.6 Å². The van der Waals surface area contributed by atoms with E-state index in [1.165, 1.54) is 0 Å². The number of rotatable bonds is 2. The lowest BCUT2D eigenvalue weighted by Gasteiger charge is -2.32. The molecule has 0 aromatic rings. The van der Waals surface area contributed by atoms with Crippen LogP contribution in [0.2, 0.25) is 0 Å². The quantitative estimate of drug-likeness (QED) is 0.728. The van der Waals surface area contributed by atoms with Gasteiger partial charge >= 0.3 is 0 Å². The van der Waals surface area contributed by atoms with Gasteiger partial charge in [-0.25, -0.2) is 0 Å². The third kappa shape index (κ3) is 2.69. The number of hydrogen-bond acceptors (Lipinski definition) is 3. The summed E-state index contributed by atoms with van der Waals surface area (Å²) in [5, 5.41) is 9.79. The van der Waals surface area contributed by atoms with Gasteiger partial charge in [-0.2, -0.15) is 0 Å². The SMILES string of the molecule is OC1CCOCC1CC1CCOCC1. The monoisotopic (exact) mass is 200 g/mol. The second-order valence-corrected chi connectivity index (χ2v) is 4.48. The zero-order chi connectivity index (χ0) is 9.80. The van der Waals surface area contributed by atoms with Crippen LogP contribution in [0.3, 0.4) is 0 Å². The van der Waals surface area contributed by atoms with Crippen LogP contribution in [0.5, 0.6) is 0 Å². The summed E-state index contributed by atoms with van der Waals surface area (Å²) in [4.78, 5) is 0. The van der Waals surface area contributed by atoms with E-state index in [2.05, 4.69) is 0 Å². The van der Waals surface area contributed by atoms with Crippen LogP contribution in [-0.2, 0) is 9.47 Å². The van der Waals surface area contributed by atoms with E-state index in [1.807, 2.05) is 0 Å². The molecule has 0 amide bonds. The maximum Gasteiger partial charge on any atom is 0.0612 e. The molecule has 82 valence electrons. The highest BCUT2D eigenvalue weighted by Crippen LogP contribution is 2.27. The molecule has 2 saturated heterocycles. The minimum atomic E-state index is -0.133. The summed E-state index contributed by atoms with van der Waals surface area (Å²) in [6.07, 6.45) is 4.11. The van der Waals surface area contributed by atoms with Gasteiger partial charge in [0.15, 0.2) is 0 Å². The average Bonchev–Trinajstić information content (AvgIpc) is 2.23. The van der Waals surface area contributed by atoms with Gasteiger partial charge in [0.2, 0.25) is 0 Å². The molecule has 0 aliphatic carbocycles. The van der Waals surface area contributed by atoms with Crippen LogP contribution in [0.1, 0.15) is 25.7 Å². The van der Waals surface area contributed by atoms with Crippen molar-refractivity contribution in [2.45, 2.75) is 31.8 Å². The van der Waals surface area contributed by atoms with E-state index in [4.69, 9.17) is 9.47 Å². The number of hydrogen-bond donors (Lipinski definition) is 1. The number of aliphatic hydroxyl groups is 1. The molecule has 2 fully saturated rings. The molecule has 2 aliphatic heterocycles. The molecular formula is C11H20O3. The van der Waals surface area contributed by atoms with E-state index in [0.717, 1.165) is 58.0 Å². The molecule has 14 heavy (non-hydrogen) atoms. The van der Waals surface area contributed by atoms with Crippen molar-refractivity contribution < 1.29 is 14.6 Å². The molecule has 0 radical (unpaired) electrons. The Morgan fingerprint density at radius 2 is 1.71 bits per heavy atom. The summed E-state index contributed by atoms with van der Waals surface area (Å²) in [7, 11) is 0. The molecule has 0 spiro atoms. The fraction of sp³-hybridized carbons (Fsp3) is 1.00. The van der Waals surface area contributed by atoms with Crippen LogP contribution in [0.4, 0.5) is 0 Å². The van der Waals surface area contributed by atoms with Crippen LogP contribution in [0.15, 0.2) is 0 Å². The van der Waals surface area contributed by atoms with Gasteiger partial charge in [-0.3, -0.25) is 0 Å². The van der Waals surface area contributed by atoms with Crippen molar-refractivity contribution in [3.63, 3.8) is 0 Å². The van der Waals surface area contributed by atoms with Crippen LogP contribution >= 0.6 is 0 Å². The molecule has 2 heterocycles. The van der Waals surface area contributed by atoms with E-state index >= 15 is 0 Å². The van der Waals surface area contributed by atoms with Gasteiger partial charge in [-0.1, -0.05) is 0 Å². The second-order valence-electron chi connectivity index (χ2n) is 4.48. The van der Waals surface area contributed by atoms with Gasteiger partial charge in [0.25, 0.3) is 0 Å². The number of ether oxygens (including phenoxy) is 2. The van der Waals surface area contributed by atoms with Gasteiger partial charge in [0, 0.05) is 25.7 Å². The summed E-state index contributed by atoms with van der Waals surface area (Å²) >= 11 is 0. The Balaban J connectivity index is 1.76. The molecule has 0 saturated carbocycles. The number of aliphatic hydroxyl groups excluding tert-OH is 1. The first-order valence-corrected chi connectivity index (χ1v) is 5.70. The molecule has 2 atom stereocenters. The highest BCUT2D eigenvalue weighted by molar-refractivity contribution is 4.76. The van der Waals surface area contributed by atoms with E-state index in [9.17, 15) is 5.11 Å². The minimum absolute atomic E-state index is 0.133. The van der Waals surface area contributed by atoms with E-state index < -0.39 is 0 Å². The third-order valence-electron chi connectivity index (χ3n) is 3.41. The Morgan fingerprint density at radius 3 is 2.43 bits per heavy atom. The summed E-state index contributed by atoms with van der Waals surface area (Å²) in [5.41, 5.74) is 0. The molecule has 2 aliphatic rings. The van der Waals surface area contributed by atoms with Crippen molar-refractivity contribution >= 4 is 0 Å². The Kier molecular flexibility index (Phi) is 3.79. The second kappa shape index (κ2) is 5.10. The van der Waals surface area contributed by atoms with Crippen LogP contribution in [0.25, 0.3) is 0 Å². The lowest BCUT2D eigenvalue weighted by atomic mass is 9.85. The highest BCUT2D eigenvalue weighted by atomic mass is 16.5. The molecule has 3 heteroatoms. The summed E-state index contributed by atoms with van der Waals surface area (Å²) in [6, 6.07) is 0. The van der Waals surface area contributed by atoms with Crippen molar-refractivity contribution in [1.29, 1.82) is 0 Å². The lowest BCUT2D eigenvalue weighted by molar-refractivity contribution is -0.0503. The van der Waals surface area contributed by atoms with Gasteiger partial charge < -0.3 is 14.6 Å². The summed E-state index contributed by atoms with van der Waals surface area (Å²) < 4.78 is 10.7. The predicted molar refractivity (Wildman–Crippen MR) is 53.1 cm³/mol. The van der Waals surface area contributed by atoms with Gasteiger partial charge in [-0.15, -0.1) is 0 Å². The minimum Gasteiger partial charge on any atom is -0.393 e. The largest absolute Gasteiger partial charge is 0.393 e. The van der Waals surface area contributed by atoms with E-state index in [-0.39, 0.29) is 6.10 Å². The van der Waals surface area contributed by atoms with Crippen LogP contribution < -0.4 is 0 Å². The Morgan fingerprint density at radius 1 is 1.00 bits per heavy atom. The predicted octanol–water partition coefficient (Wildman–Crippen LogP) is 1.20. The molecule has 0 bridgehead atoms. The van der Waals surface area contributed by atoms with Gasteiger partial charge in [0.05, 0.1) is 12.7 Å². The van der Waals surface area contributed by atoms with Crippen molar-refractivity contribution in [2.24, 2.45) is 11.8 Å². The highest BCUT2D eigenvalue weighted by Gasteiger charge is 2.27. The van der Waals surface area contributed by atoms with Crippen molar-refractivity contribution in [2.75, 3.05) is 26.4 Å². The van der Waals surface area contributed by atoms with Crippen molar-refractivity contribution in [3.8, 4) is 0 Å². The molecule has 3 nitrogen and oxygen atoms in total. The standard InChI is InChI=1S/C11H20O3/c12-11-3-6-14-8-10(11)7-9-1-4-13-5-2-9/h9-12H,1-8H2. The molecule has 1 N–H and O–H groups in total. The molecule has 0 aromatic heterocycles. The fourth-order valence-corrected chi connectivity index (χ4v) is 2.42. The molecule has 0 aromatic carbocycles. The maximum atomic E-state index is 9.79. The first-order chi connectivity index (χ1) is 6.86. The molecular weight excluding hydrogens is 180 g/mol. The average molecular weight is 200 g/mol. The Hall–Kier alpha value is -0.120. The zero-order valence-corrected chi connectivity index (χ0v) is 8.65. The van der Waals surface area contributed by atoms with Crippen LogP contribution in [-0.4, -0.2) is 37.6 Å². The molecule has 2 unspecified atom stereocenters. The van der Waals surface area contributed by atoms with Crippen molar-refractivity contribution in [1.82, 2.24) is 0 Å². The van der Waals surface area contributed by atoms with Crippen molar-refractivity contribution in [3.05, 3.63) is 0 Å². The van der Waals surface area contributed by atoms with Gasteiger partial charge in [0.1, 0.15) is 0 Å². The van der Waals surface area contributed by atoms with Crippen LogP contribution in [0, 0.1) is 11.8 Å². The Bertz CT molecular complexity index is 166. The zero-order valence-electron chi connectivity index (χ0n) is 8.65. The molecule has 2 rings (SSSR count). The van der Waals surface area contributed by atoms with E-state index in [0.29, 0.717) is 5.92 Å². The third-order valence-corrected chi connectivity index (χ3v) is 3.41. The maximum absolute atomic E-state index is 9.79. The first-order valence-electron chi connectivity index (χ1n) is 5.70. The normalized spacial score (nSPS) is 35.8. The first kappa shape index (κ1) is 10.4. The Labute approximate surface area is 85.4 Å². The smallest absolute Gasteiger partial charge is 0.0612 e. The fourth-order valence-electron chi connectivity index (χ4n) is 2.42.